The van der Waals surface area contributed by atoms with Gasteiger partial charge in [0.05, 0.1) is 25.6 Å². The first-order chi connectivity index (χ1) is 12.4. The summed E-state index contributed by atoms with van der Waals surface area (Å²) in [6.45, 7) is 1.62. The lowest BCUT2D eigenvalue weighted by Crippen LogP contribution is -2.48. The van der Waals surface area contributed by atoms with Crippen molar-refractivity contribution in [2.24, 2.45) is 34.3 Å². The average molecular weight is 356 g/mol. The van der Waals surface area contributed by atoms with Gasteiger partial charge >= 0.3 is 5.97 Å². The number of nitrogens with zero attached hydrogens (tertiary/aromatic N) is 1. The number of ketones is 1. The lowest BCUT2D eigenvalue weighted by atomic mass is 9.61. The number of hydrogen-bond acceptors (Lipinski definition) is 5. The minimum absolute atomic E-state index is 0.153. The Morgan fingerprint density at radius 2 is 2.12 bits per heavy atom. The number of Topliss-reactive ketones (excluding diaryl/α,β-unsaturated/α-hetero) is 1. The summed E-state index contributed by atoms with van der Waals surface area (Å²) in [5.41, 5.74) is 4.42. The maximum absolute atomic E-state index is 12.9. The van der Waals surface area contributed by atoms with Crippen molar-refractivity contribution in [2.75, 3.05) is 13.7 Å². The average Bonchev–Trinajstić information content (AvgIpc) is 3.23. The molecule has 2 aliphatic rings. The van der Waals surface area contributed by atoms with Crippen molar-refractivity contribution in [3.05, 3.63) is 29.8 Å². The zero-order valence-electron chi connectivity index (χ0n) is 15.1. The number of benzene rings is 1. The van der Waals surface area contributed by atoms with Crippen LogP contribution in [-0.2, 0) is 16.0 Å². The Morgan fingerprint density at radius 1 is 1.42 bits per heavy atom. The molecule has 0 heterocycles. The van der Waals surface area contributed by atoms with Gasteiger partial charge < -0.3 is 15.6 Å². The van der Waals surface area contributed by atoms with Crippen molar-refractivity contribution in [1.29, 1.82) is 5.26 Å². The van der Waals surface area contributed by atoms with Gasteiger partial charge in [0.2, 0.25) is 0 Å². The molecule has 138 valence electrons. The number of methoxy groups -OCH3 is 1. The number of fused-ring (bicyclic) bond motifs is 1. The molecule has 26 heavy (non-hydrogen) atoms. The van der Waals surface area contributed by atoms with Gasteiger partial charge in [-0.1, -0.05) is 25.1 Å². The minimum atomic E-state index is -1.36. The molecule has 6 nitrogen and oxygen atoms in total. The summed E-state index contributed by atoms with van der Waals surface area (Å²) < 4.78 is 5.41. The van der Waals surface area contributed by atoms with E-state index in [0.717, 1.165) is 5.56 Å². The van der Waals surface area contributed by atoms with Crippen LogP contribution in [0.2, 0.25) is 0 Å². The van der Waals surface area contributed by atoms with Crippen molar-refractivity contribution in [3.63, 3.8) is 0 Å². The topological polar surface area (TPSA) is 113 Å². The molecule has 0 bridgehead atoms. The molecule has 3 N–H and O–H groups in total. The van der Waals surface area contributed by atoms with Crippen LogP contribution in [0.1, 0.15) is 25.3 Å². The van der Waals surface area contributed by atoms with Gasteiger partial charge in [-0.2, -0.15) is 5.26 Å². The Bertz CT molecular complexity index is 786. The number of nitrogens with two attached hydrogens (primary N) is 1. The van der Waals surface area contributed by atoms with Crippen LogP contribution in [-0.4, -0.2) is 30.5 Å². The summed E-state index contributed by atoms with van der Waals surface area (Å²) in [7, 11) is 1.58. The number of hydrogen-bond donors (Lipinski definition) is 2. The predicted molar refractivity (Wildman–Crippen MR) is 94.3 cm³/mol. The van der Waals surface area contributed by atoms with Crippen LogP contribution in [0.15, 0.2) is 24.3 Å². The highest BCUT2D eigenvalue weighted by Crippen LogP contribution is 2.79. The summed E-state index contributed by atoms with van der Waals surface area (Å²) >= 11 is 0. The van der Waals surface area contributed by atoms with Crippen molar-refractivity contribution in [1.82, 2.24) is 0 Å². The first kappa shape index (κ1) is 18.4. The Balaban J connectivity index is 2.06. The summed E-state index contributed by atoms with van der Waals surface area (Å²) in [6.07, 6.45) is 1.52. The van der Waals surface area contributed by atoms with E-state index in [1.54, 1.807) is 7.11 Å². The molecule has 0 spiro atoms. The smallest absolute Gasteiger partial charge is 0.307 e. The molecule has 0 aliphatic heterocycles. The monoisotopic (exact) mass is 356 g/mol. The van der Waals surface area contributed by atoms with E-state index in [1.165, 1.54) is 0 Å². The van der Waals surface area contributed by atoms with Crippen LogP contribution in [0.25, 0.3) is 0 Å². The molecule has 2 aliphatic carbocycles. The Morgan fingerprint density at radius 3 is 2.65 bits per heavy atom. The fourth-order valence-corrected chi connectivity index (χ4v) is 5.70. The van der Waals surface area contributed by atoms with Gasteiger partial charge in [0.15, 0.2) is 5.78 Å². The number of carboxylic acid groups (broad SMARTS) is 1. The number of rotatable bonds is 7. The van der Waals surface area contributed by atoms with Crippen LogP contribution in [0.3, 0.4) is 0 Å². The Labute approximate surface area is 152 Å². The molecule has 0 aromatic heterocycles. The molecule has 3 rings (SSSR count). The van der Waals surface area contributed by atoms with Gasteiger partial charge in [-0.05, 0) is 42.7 Å². The summed E-state index contributed by atoms with van der Waals surface area (Å²) in [5, 5.41) is 19.8. The van der Waals surface area contributed by atoms with Crippen LogP contribution in [0.4, 0.5) is 0 Å². The van der Waals surface area contributed by atoms with Gasteiger partial charge in [0.1, 0.15) is 11.2 Å². The van der Waals surface area contributed by atoms with E-state index in [0.29, 0.717) is 25.0 Å². The number of ether oxygens (including phenoxy) is 1. The van der Waals surface area contributed by atoms with E-state index >= 15 is 0 Å². The van der Waals surface area contributed by atoms with Crippen LogP contribution < -0.4 is 10.5 Å². The highest BCUT2D eigenvalue weighted by Gasteiger charge is 2.83. The Kier molecular flexibility index (Phi) is 4.53. The predicted octanol–water partition coefficient (Wildman–Crippen LogP) is 2.02. The molecule has 5 unspecified atom stereocenters. The van der Waals surface area contributed by atoms with Crippen LogP contribution >= 0.6 is 0 Å². The minimum Gasteiger partial charge on any atom is -0.496 e. The largest absolute Gasteiger partial charge is 0.496 e. The van der Waals surface area contributed by atoms with Gasteiger partial charge in [-0.25, -0.2) is 0 Å². The molecular formula is C20H24N2O4. The highest BCUT2D eigenvalue weighted by molar-refractivity contribution is 5.94. The molecule has 5 atom stereocenters. The van der Waals surface area contributed by atoms with E-state index in [-0.39, 0.29) is 24.2 Å². The zero-order chi connectivity index (χ0) is 19.1. The number of carbonyl (C=O) groups excluding carboxylic acids is 1. The molecule has 1 aromatic rings. The Hall–Kier alpha value is -2.39. The number of para-hydroxylation sites is 1. The fourth-order valence-electron chi connectivity index (χ4n) is 5.70. The quantitative estimate of drug-likeness (QED) is 0.773. The van der Waals surface area contributed by atoms with Crippen molar-refractivity contribution < 1.29 is 19.4 Å². The van der Waals surface area contributed by atoms with Crippen LogP contribution in [0.5, 0.6) is 5.75 Å². The molecular weight excluding hydrogens is 332 g/mol. The molecule has 2 fully saturated rings. The summed E-state index contributed by atoms with van der Waals surface area (Å²) in [5.74, 6) is -1.61. The lowest BCUT2D eigenvalue weighted by Gasteiger charge is -2.37. The lowest BCUT2D eigenvalue weighted by molar-refractivity contribution is -0.142. The summed E-state index contributed by atoms with van der Waals surface area (Å²) in [4.78, 5) is 24.7. The third kappa shape index (κ3) is 2.13. The molecule has 0 amide bonds. The zero-order valence-corrected chi connectivity index (χ0v) is 15.1. The van der Waals surface area contributed by atoms with E-state index in [1.807, 2.05) is 31.2 Å². The van der Waals surface area contributed by atoms with Crippen molar-refractivity contribution in [3.8, 4) is 11.8 Å². The van der Waals surface area contributed by atoms with Crippen molar-refractivity contribution in [2.45, 2.75) is 26.2 Å². The van der Waals surface area contributed by atoms with Gasteiger partial charge in [-0.3, -0.25) is 9.59 Å². The molecule has 0 saturated heterocycles. The standard InChI is InChI=1S/C20H24N2O4/c1-3-19-14(17(19)18(24)25)9-13(20(19,11-22)16(23)10-21)8-12-6-4-5-7-15(12)26-2/h4-7,13-14,17H,3,8-10,21H2,1-2H3,(H,24,25). The van der Waals surface area contributed by atoms with Gasteiger partial charge in [-0.15, -0.1) is 0 Å². The molecule has 6 heteroatoms. The van der Waals surface area contributed by atoms with E-state index in [9.17, 15) is 20.0 Å². The summed E-state index contributed by atoms with van der Waals surface area (Å²) in [6, 6.07) is 9.80. The SMILES string of the molecule is CCC12C(CC(Cc3ccccc3OC)C1(C#N)C(=O)CN)C2C(=O)O. The maximum Gasteiger partial charge on any atom is 0.307 e. The normalized spacial score (nSPS) is 34.6. The van der Waals surface area contributed by atoms with E-state index < -0.39 is 22.7 Å². The fraction of sp³-hybridized carbons (Fsp3) is 0.550. The number of carbonyl (C=O) groups is 2. The van der Waals surface area contributed by atoms with E-state index in [2.05, 4.69) is 6.07 Å². The maximum atomic E-state index is 12.9. The molecule has 1 aromatic carbocycles. The van der Waals surface area contributed by atoms with Gasteiger partial charge in [0.25, 0.3) is 0 Å². The molecule has 0 radical (unpaired) electrons. The van der Waals surface area contributed by atoms with Crippen LogP contribution in [0, 0.1) is 39.9 Å². The number of nitriles is 1. The third-order valence-corrected chi connectivity index (χ3v) is 6.71. The number of aliphatic carboxylic acids is 1. The second-order valence-electron chi connectivity index (χ2n) is 7.31. The molecule has 2 saturated carbocycles. The first-order valence-electron chi connectivity index (χ1n) is 8.93. The third-order valence-electron chi connectivity index (χ3n) is 6.71. The van der Waals surface area contributed by atoms with E-state index in [4.69, 9.17) is 10.5 Å². The van der Waals surface area contributed by atoms with Gasteiger partial charge in [0, 0.05) is 5.41 Å². The highest BCUT2D eigenvalue weighted by atomic mass is 16.5. The van der Waals surface area contributed by atoms with Crippen molar-refractivity contribution >= 4 is 11.8 Å². The number of carboxylic acids is 1. The first-order valence-corrected chi connectivity index (χ1v) is 8.93. The second kappa shape index (κ2) is 6.40. The second-order valence-corrected chi connectivity index (χ2v) is 7.31.